The molecule has 1 N–H and O–H groups in total. The summed E-state index contributed by atoms with van der Waals surface area (Å²) >= 11 is 0. The van der Waals surface area contributed by atoms with Gasteiger partial charge in [0.25, 0.3) is 0 Å². The van der Waals surface area contributed by atoms with Gasteiger partial charge in [0.15, 0.2) is 0 Å². The molecule has 0 aromatic heterocycles. The number of aliphatic carboxylic acids is 1. The highest BCUT2D eigenvalue weighted by atomic mass is 16.6. The zero-order chi connectivity index (χ0) is 17.4. The molecular formula is C20H25NO4. The number of amides is 1. The molecule has 4 unspecified atom stereocenters. The van der Waals surface area contributed by atoms with E-state index >= 15 is 0 Å². The van der Waals surface area contributed by atoms with Crippen LogP contribution in [0.15, 0.2) is 30.3 Å². The van der Waals surface area contributed by atoms with Crippen LogP contribution in [0.1, 0.15) is 37.7 Å². The van der Waals surface area contributed by atoms with Crippen LogP contribution in [0.5, 0.6) is 0 Å². The Labute approximate surface area is 148 Å². The molecule has 4 atom stereocenters. The Balaban J connectivity index is 1.38. The fourth-order valence-electron chi connectivity index (χ4n) is 5.52. The topological polar surface area (TPSA) is 66.8 Å². The summed E-state index contributed by atoms with van der Waals surface area (Å²) in [5.74, 6) is -0.182. The first-order chi connectivity index (χ1) is 12.1. The number of nitrogens with zero attached hydrogens (tertiary/aromatic N) is 1. The van der Waals surface area contributed by atoms with Crippen LogP contribution in [-0.4, -0.2) is 35.2 Å². The van der Waals surface area contributed by atoms with E-state index in [0.29, 0.717) is 24.9 Å². The Morgan fingerprint density at radius 1 is 1.24 bits per heavy atom. The molecule has 5 nitrogen and oxygen atoms in total. The van der Waals surface area contributed by atoms with Gasteiger partial charge in [-0.3, -0.25) is 4.79 Å². The van der Waals surface area contributed by atoms with Gasteiger partial charge >= 0.3 is 12.1 Å². The van der Waals surface area contributed by atoms with E-state index in [1.54, 1.807) is 4.90 Å². The first-order valence-electron chi connectivity index (χ1n) is 9.28. The SMILES string of the molecule is O=C(O)C1C2CCC1(C1CCCN(C(=O)OCc3ccccc3)C1)C2. The number of rotatable bonds is 4. The molecule has 134 valence electrons. The molecule has 25 heavy (non-hydrogen) atoms. The molecule has 1 amide bonds. The average Bonchev–Trinajstić information content (AvgIpc) is 3.21. The molecule has 0 radical (unpaired) electrons. The fourth-order valence-corrected chi connectivity index (χ4v) is 5.52. The van der Waals surface area contributed by atoms with E-state index in [4.69, 9.17) is 4.74 Å². The minimum atomic E-state index is -0.641. The van der Waals surface area contributed by atoms with Gasteiger partial charge in [0.1, 0.15) is 6.61 Å². The normalized spacial score (nSPS) is 33.6. The number of carboxylic acid groups (broad SMARTS) is 1. The van der Waals surface area contributed by atoms with Crippen molar-refractivity contribution in [2.24, 2.45) is 23.2 Å². The lowest BCUT2D eigenvalue weighted by Gasteiger charge is -2.52. The van der Waals surface area contributed by atoms with E-state index < -0.39 is 5.97 Å². The molecule has 1 heterocycles. The first kappa shape index (κ1) is 16.4. The minimum Gasteiger partial charge on any atom is -0.481 e. The van der Waals surface area contributed by atoms with E-state index in [-0.39, 0.29) is 24.0 Å². The third kappa shape index (κ3) is 2.79. The number of benzene rings is 1. The van der Waals surface area contributed by atoms with Gasteiger partial charge < -0.3 is 14.7 Å². The highest BCUT2D eigenvalue weighted by Crippen LogP contribution is 2.67. The van der Waals surface area contributed by atoms with E-state index in [0.717, 1.165) is 37.7 Å². The largest absolute Gasteiger partial charge is 0.481 e. The van der Waals surface area contributed by atoms with E-state index in [1.165, 1.54) is 0 Å². The van der Waals surface area contributed by atoms with Crippen LogP contribution in [0.25, 0.3) is 0 Å². The van der Waals surface area contributed by atoms with E-state index in [2.05, 4.69) is 0 Å². The van der Waals surface area contributed by atoms with Crippen LogP contribution in [-0.2, 0) is 16.1 Å². The Bertz CT molecular complexity index is 657. The summed E-state index contributed by atoms with van der Waals surface area (Å²) in [4.78, 5) is 25.9. The predicted octanol–water partition coefficient (Wildman–Crippen LogP) is 3.54. The van der Waals surface area contributed by atoms with Crippen molar-refractivity contribution in [2.45, 2.75) is 38.7 Å². The standard InChI is InChI=1S/C20H25NO4/c22-18(23)17-15-8-9-20(17,11-15)16-7-4-10-21(12-16)19(24)25-13-14-5-2-1-3-6-14/h1-3,5-6,15-17H,4,7-13H2,(H,22,23). The molecule has 5 rings (SSSR count). The zero-order valence-electron chi connectivity index (χ0n) is 14.4. The number of hydrogen-bond donors (Lipinski definition) is 1. The predicted molar refractivity (Wildman–Crippen MR) is 91.8 cm³/mol. The Morgan fingerprint density at radius 2 is 2.04 bits per heavy atom. The highest BCUT2D eigenvalue weighted by molar-refractivity contribution is 5.74. The lowest BCUT2D eigenvalue weighted by molar-refractivity contribution is -0.161. The summed E-state index contributed by atoms with van der Waals surface area (Å²) in [6.07, 6.45) is 4.76. The van der Waals surface area contributed by atoms with Gasteiger partial charge in [0.2, 0.25) is 0 Å². The number of likely N-dealkylation sites (tertiary alicyclic amines) is 1. The molecule has 3 saturated carbocycles. The third-order valence-electron chi connectivity index (χ3n) is 6.68. The molecule has 1 aliphatic heterocycles. The van der Waals surface area contributed by atoms with Gasteiger partial charge in [-0.2, -0.15) is 0 Å². The van der Waals surface area contributed by atoms with Crippen molar-refractivity contribution in [1.29, 1.82) is 0 Å². The summed E-state index contributed by atoms with van der Waals surface area (Å²) in [6.45, 7) is 1.64. The van der Waals surface area contributed by atoms with Crippen molar-refractivity contribution in [2.75, 3.05) is 13.1 Å². The van der Waals surface area contributed by atoms with Crippen molar-refractivity contribution in [3.05, 3.63) is 35.9 Å². The average molecular weight is 343 g/mol. The van der Waals surface area contributed by atoms with Crippen LogP contribution in [0.3, 0.4) is 0 Å². The highest BCUT2D eigenvalue weighted by Gasteiger charge is 2.65. The number of ether oxygens (including phenoxy) is 1. The van der Waals surface area contributed by atoms with Crippen LogP contribution in [0.2, 0.25) is 0 Å². The monoisotopic (exact) mass is 343 g/mol. The molecule has 5 heteroatoms. The van der Waals surface area contributed by atoms with Crippen LogP contribution >= 0.6 is 0 Å². The van der Waals surface area contributed by atoms with Crippen LogP contribution in [0.4, 0.5) is 4.79 Å². The van der Waals surface area contributed by atoms with Gasteiger partial charge in [0, 0.05) is 13.1 Å². The second-order valence-electron chi connectivity index (χ2n) is 7.88. The molecule has 4 aliphatic rings. The molecule has 1 saturated heterocycles. The number of carboxylic acids is 1. The second-order valence-corrected chi connectivity index (χ2v) is 7.88. The van der Waals surface area contributed by atoms with Crippen molar-refractivity contribution in [3.8, 4) is 0 Å². The molecule has 4 fully saturated rings. The number of carbonyl (C=O) groups is 2. The lowest BCUT2D eigenvalue weighted by atomic mass is 9.53. The molecule has 2 bridgehead atoms. The summed E-state index contributed by atoms with van der Waals surface area (Å²) in [7, 11) is 0. The van der Waals surface area contributed by atoms with Crippen molar-refractivity contribution in [1.82, 2.24) is 4.90 Å². The van der Waals surface area contributed by atoms with E-state index in [9.17, 15) is 14.7 Å². The maximum atomic E-state index is 12.5. The van der Waals surface area contributed by atoms with Crippen molar-refractivity contribution in [3.63, 3.8) is 0 Å². The summed E-state index contributed by atoms with van der Waals surface area (Å²) in [5, 5.41) is 9.59. The van der Waals surface area contributed by atoms with E-state index in [1.807, 2.05) is 30.3 Å². The quantitative estimate of drug-likeness (QED) is 0.908. The maximum absolute atomic E-state index is 12.5. The van der Waals surface area contributed by atoms with Gasteiger partial charge in [-0.25, -0.2) is 4.79 Å². The Kier molecular flexibility index (Phi) is 4.18. The Morgan fingerprint density at radius 3 is 2.76 bits per heavy atom. The Hall–Kier alpha value is -2.04. The number of carbonyl (C=O) groups excluding carboxylic acids is 1. The molecule has 0 spiro atoms. The maximum Gasteiger partial charge on any atom is 0.410 e. The number of piperidine rings is 1. The van der Waals surface area contributed by atoms with Gasteiger partial charge in [-0.1, -0.05) is 30.3 Å². The lowest BCUT2D eigenvalue weighted by Crippen LogP contribution is -2.54. The zero-order valence-corrected chi connectivity index (χ0v) is 14.4. The number of fused-ring (bicyclic) bond motifs is 1. The fraction of sp³-hybridized carbons (Fsp3) is 0.600. The van der Waals surface area contributed by atoms with Crippen LogP contribution < -0.4 is 0 Å². The summed E-state index contributed by atoms with van der Waals surface area (Å²) in [6, 6.07) is 9.68. The van der Waals surface area contributed by atoms with Crippen molar-refractivity contribution >= 4 is 12.1 Å². The molecule has 1 aromatic rings. The number of hydrogen-bond acceptors (Lipinski definition) is 3. The van der Waals surface area contributed by atoms with Gasteiger partial charge in [-0.15, -0.1) is 0 Å². The smallest absolute Gasteiger partial charge is 0.410 e. The molecule has 1 aromatic carbocycles. The minimum absolute atomic E-state index is 0.0745. The summed E-state index contributed by atoms with van der Waals surface area (Å²) < 4.78 is 5.47. The molecule has 3 aliphatic carbocycles. The summed E-state index contributed by atoms with van der Waals surface area (Å²) in [5.41, 5.74) is 0.904. The molecular weight excluding hydrogens is 318 g/mol. The second kappa shape index (κ2) is 6.36. The van der Waals surface area contributed by atoms with Gasteiger partial charge in [-0.05, 0) is 54.9 Å². The van der Waals surface area contributed by atoms with Gasteiger partial charge in [0.05, 0.1) is 5.92 Å². The first-order valence-corrected chi connectivity index (χ1v) is 9.28. The third-order valence-corrected chi connectivity index (χ3v) is 6.68. The van der Waals surface area contributed by atoms with Crippen molar-refractivity contribution < 1.29 is 19.4 Å². The van der Waals surface area contributed by atoms with Crippen LogP contribution in [0, 0.1) is 23.2 Å².